The van der Waals surface area contributed by atoms with Crippen LogP contribution in [0, 0.1) is 11.8 Å². The molecule has 1 heterocycles. The van der Waals surface area contributed by atoms with Gasteiger partial charge in [0.2, 0.25) is 0 Å². The number of anilines is 2. The number of aromatic nitrogens is 2. The van der Waals surface area contributed by atoms with Gasteiger partial charge in [-0.3, -0.25) is 4.68 Å². The number of nitrogens with two attached hydrogens (primary N) is 1. The van der Waals surface area contributed by atoms with Gasteiger partial charge in [-0.15, -0.1) is 0 Å². The third-order valence-electron chi connectivity index (χ3n) is 4.40. The second-order valence-electron chi connectivity index (χ2n) is 6.23. The molecule has 3 N–H and O–H groups in total. The van der Waals surface area contributed by atoms with Gasteiger partial charge in [-0.05, 0) is 37.5 Å². The Morgan fingerprint density at radius 1 is 1.37 bits per heavy atom. The molecular weight excluding hydrogens is 236 g/mol. The fourth-order valence-corrected chi connectivity index (χ4v) is 3.24. The fraction of sp³-hybridized carbons (Fsp3) is 0.800. The SMILES string of the molecule is CCCc1nn(C)c(NC2CCC(C)CC2C)c1N. The van der Waals surface area contributed by atoms with E-state index in [0.717, 1.165) is 36.0 Å². The molecule has 3 unspecified atom stereocenters. The summed E-state index contributed by atoms with van der Waals surface area (Å²) in [6, 6.07) is 0.531. The number of nitrogen functional groups attached to an aromatic ring is 1. The highest BCUT2D eigenvalue weighted by molar-refractivity contribution is 5.65. The van der Waals surface area contributed by atoms with Crippen LogP contribution in [0.3, 0.4) is 0 Å². The van der Waals surface area contributed by atoms with Crippen molar-refractivity contribution in [2.45, 2.75) is 58.9 Å². The van der Waals surface area contributed by atoms with Crippen LogP contribution >= 0.6 is 0 Å². The third kappa shape index (κ3) is 3.04. The minimum Gasteiger partial charge on any atom is -0.394 e. The second kappa shape index (κ2) is 5.85. The Kier molecular flexibility index (Phi) is 4.38. The number of nitrogens with one attached hydrogen (secondary N) is 1. The summed E-state index contributed by atoms with van der Waals surface area (Å²) in [6.07, 6.45) is 5.88. The van der Waals surface area contributed by atoms with Crippen LogP contribution in [0.15, 0.2) is 0 Å². The second-order valence-corrected chi connectivity index (χ2v) is 6.23. The molecule has 0 radical (unpaired) electrons. The lowest BCUT2D eigenvalue weighted by Gasteiger charge is -2.33. The molecule has 108 valence electrons. The van der Waals surface area contributed by atoms with Gasteiger partial charge in [-0.25, -0.2) is 0 Å². The van der Waals surface area contributed by atoms with Crippen molar-refractivity contribution >= 4 is 11.5 Å². The maximum Gasteiger partial charge on any atom is 0.148 e. The van der Waals surface area contributed by atoms with Crippen LogP contribution in [-0.2, 0) is 13.5 Å². The van der Waals surface area contributed by atoms with Crippen LogP contribution in [0.5, 0.6) is 0 Å². The molecule has 0 spiro atoms. The van der Waals surface area contributed by atoms with Crippen molar-refractivity contribution < 1.29 is 0 Å². The lowest BCUT2D eigenvalue weighted by molar-refractivity contribution is 0.276. The fourth-order valence-electron chi connectivity index (χ4n) is 3.24. The molecule has 0 aliphatic heterocycles. The smallest absolute Gasteiger partial charge is 0.148 e. The van der Waals surface area contributed by atoms with Gasteiger partial charge in [0.25, 0.3) is 0 Å². The van der Waals surface area contributed by atoms with Crippen LogP contribution in [0.2, 0.25) is 0 Å². The predicted molar refractivity (Wildman–Crippen MR) is 81.2 cm³/mol. The van der Waals surface area contributed by atoms with Gasteiger partial charge in [0, 0.05) is 13.1 Å². The maximum atomic E-state index is 6.23. The molecule has 2 rings (SSSR count). The van der Waals surface area contributed by atoms with Crippen LogP contribution in [0.4, 0.5) is 11.5 Å². The van der Waals surface area contributed by atoms with E-state index in [2.05, 4.69) is 31.2 Å². The van der Waals surface area contributed by atoms with E-state index in [-0.39, 0.29) is 0 Å². The molecule has 19 heavy (non-hydrogen) atoms. The Balaban J connectivity index is 2.10. The highest BCUT2D eigenvalue weighted by Gasteiger charge is 2.26. The molecule has 1 aliphatic carbocycles. The van der Waals surface area contributed by atoms with E-state index in [9.17, 15) is 0 Å². The van der Waals surface area contributed by atoms with Crippen molar-refractivity contribution in [1.82, 2.24) is 9.78 Å². The van der Waals surface area contributed by atoms with E-state index >= 15 is 0 Å². The summed E-state index contributed by atoms with van der Waals surface area (Å²) < 4.78 is 1.91. The Morgan fingerprint density at radius 3 is 2.74 bits per heavy atom. The summed E-state index contributed by atoms with van der Waals surface area (Å²) in [7, 11) is 1.98. The van der Waals surface area contributed by atoms with Gasteiger partial charge >= 0.3 is 0 Å². The van der Waals surface area contributed by atoms with Gasteiger partial charge in [0.1, 0.15) is 5.82 Å². The van der Waals surface area contributed by atoms with E-state index in [1.807, 2.05) is 11.7 Å². The number of rotatable bonds is 4. The average Bonchev–Trinajstić information content (AvgIpc) is 2.60. The zero-order valence-corrected chi connectivity index (χ0v) is 12.7. The van der Waals surface area contributed by atoms with Crippen molar-refractivity contribution in [3.05, 3.63) is 5.69 Å². The summed E-state index contributed by atoms with van der Waals surface area (Å²) in [5.74, 6) is 2.56. The summed E-state index contributed by atoms with van der Waals surface area (Å²) in [5.41, 5.74) is 8.11. The largest absolute Gasteiger partial charge is 0.394 e. The zero-order valence-electron chi connectivity index (χ0n) is 12.7. The van der Waals surface area contributed by atoms with E-state index in [1.54, 1.807) is 0 Å². The zero-order chi connectivity index (χ0) is 14.0. The van der Waals surface area contributed by atoms with Crippen LogP contribution in [0.1, 0.15) is 52.1 Å². The Labute approximate surface area is 116 Å². The highest BCUT2D eigenvalue weighted by atomic mass is 15.3. The maximum absolute atomic E-state index is 6.23. The van der Waals surface area contributed by atoms with Crippen molar-refractivity contribution in [2.75, 3.05) is 11.1 Å². The molecule has 1 aliphatic rings. The molecule has 4 heteroatoms. The molecule has 0 saturated heterocycles. The van der Waals surface area contributed by atoms with Gasteiger partial charge in [0.15, 0.2) is 0 Å². The van der Waals surface area contributed by atoms with Crippen molar-refractivity contribution in [3.63, 3.8) is 0 Å². The molecule has 0 amide bonds. The van der Waals surface area contributed by atoms with Crippen molar-refractivity contribution in [3.8, 4) is 0 Å². The van der Waals surface area contributed by atoms with Gasteiger partial charge in [-0.2, -0.15) is 5.10 Å². The molecule has 4 nitrogen and oxygen atoms in total. The molecule has 1 aromatic rings. The van der Waals surface area contributed by atoms with E-state index in [4.69, 9.17) is 5.73 Å². The minimum absolute atomic E-state index is 0.531. The topological polar surface area (TPSA) is 55.9 Å². The first kappa shape index (κ1) is 14.2. The molecule has 3 atom stereocenters. The average molecular weight is 264 g/mol. The van der Waals surface area contributed by atoms with Crippen LogP contribution in [-0.4, -0.2) is 15.8 Å². The van der Waals surface area contributed by atoms with Gasteiger partial charge in [-0.1, -0.05) is 27.2 Å². The number of hydrogen-bond acceptors (Lipinski definition) is 3. The quantitative estimate of drug-likeness (QED) is 0.878. The number of aryl methyl sites for hydroxylation is 2. The Bertz CT molecular complexity index is 424. The lowest BCUT2D eigenvalue weighted by Crippen LogP contribution is -2.33. The van der Waals surface area contributed by atoms with E-state index in [0.29, 0.717) is 12.0 Å². The first-order chi connectivity index (χ1) is 9.02. The van der Waals surface area contributed by atoms with Crippen LogP contribution in [0.25, 0.3) is 0 Å². The molecule has 0 bridgehead atoms. The summed E-state index contributed by atoms with van der Waals surface area (Å²) >= 11 is 0. The first-order valence-electron chi connectivity index (χ1n) is 7.60. The standard InChI is InChI=1S/C15H28N4/c1-5-6-13-14(16)15(19(4)18-13)17-12-8-7-10(2)9-11(12)3/h10-12,17H,5-9,16H2,1-4H3. The predicted octanol–water partition coefficient (Wildman–Crippen LogP) is 3.19. The highest BCUT2D eigenvalue weighted by Crippen LogP contribution is 2.32. The summed E-state index contributed by atoms with van der Waals surface area (Å²) in [5, 5.41) is 8.18. The first-order valence-corrected chi connectivity index (χ1v) is 7.60. The molecule has 1 saturated carbocycles. The third-order valence-corrected chi connectivity index (χ3v) is 4.40. The normalized spacial score (nSPS) is 27.5. The molecular formula is C15H28N4. The van der Waals surface area contributed by atoms with E-state index < -0.39 is 0 Å². The monoisotopic (exact) mass is 264 g/mol. The number of nitrogens with zero attached hydrogens (tertiary/aromatic N) is 2. The van der Waals surface area contributed by atoms with E-state index in [1.165, 1.54) is 19.3 Å². The van der Waals surface area contributed by atoms with Crippen molar-refractivity contribution in [2.24, 2.45) is 18.9 Å². The minimum atomic E-state index is 0.531. The van der Waals surface area contributed by atoms with Crippen LogP contribution < -0.4 is 11.1 Å². The van der Waals surface area contributed by atoms with Crippen molar-refractivity contribution in [1.29, 1.82) is 0 Å². The molecule has 0 aromatic carbocycles. The lowest BCUT2D eigenvalue weighted by atomic mass is 9.80. The molecule has 1 aromatic heterocycles. The van der Waals surface area contributed by atoms with Gasteiger partial charge in [0.05, 0.1) is 11.4 Å². The van der Waals surface area contributed by atoms with Gasteiger partial charge < -0.3 is 11.1 Å². The summed E-state index contributed by atoms with van der Waals surface area (Å²) in [4.78, 5) is 0. The Hall–Kier alpha value is -1.19. The Morgan fingerprint density at radius 2 is 2.11 bits per heavy atom. The summed E-state index contributed by atoms with van der Waals surface area (Å²) in [6.45, 7) is 6.85. The number of hydrogen-bond donors (Lipinski definition) is 2. The molecule has 1 fully saturated rings.